The molecule has 2 heterocycles. The number of thiazole rings is 2. The van der Waals surface area contributed by atoms with Gasteiger partial charge < -0.3 is 20.7 Å². The minimum atomic E-state index is -0.427. The summed E-state index contributed by atoms with van der Waals surface area (Å²) in [6.07, 6.45) is 6.20. The first-order valence-electron chi connectivity index (χ1n) is 17.3. The summed E-state index contributed by atoms with van der Waals surface area (Å²) >= 11 is 2.48. The number of anilines is 4. The quantitative estimate of drug-likeness (QED) is 0.0941. The topological polar surface area (TPSA) is 134 Å². The molecule has 0 atom stereocenters. The lowest BCUT2D eigenvalue weighted by Crippen LogP contribution is -2.19. The van der Waals surface area contributed by atoms with E-state index < -0.39 is 6.03 Å². The number of nitrogens with one attached hydrogen (secondary N) is 4. The molecule has 0 bridgehead atoms. The van der Waals surface area contributed by atoms with E-state index in [1.165, 1.54) is 36.2 Å². The van der Waals surface area contributed by atoms with Crippen LogP contribution in [0.25, 0.3) is 0 Å². The van der Waals surface area contributed by atoms with Gasteiger partial charge in [0.2, 0.25) is 0 Å². The second-order valence-electron chi connectivity index (χ2n) is 12.8. The van der Waals surface area contributed by atoms with Gasteiger partial charge in [0.1, 0.15) is 15.5 Å². The molecular formula is C40H48N6O4S2. The molecule has 0 radical (unpaired) electrons. The summed E-state index contributed by atoms with van der Waals surface area (Å²) in [6.45, 7) is 16.7. The third kappa shape index (κ3) is 11.5. The standard InChI is InChI=1S/C27H34N4O3S.C13H14N2OS/c1-6-7-8-9-14-34-22-12-10-21(11-13-22)29-26(33)31-27-28-20(5)24(35-27)25(32)30-23-18(3)15-17(2)16-19(23)4;1-8-4-9(2)12(10(3)5-8)15-13(16)11-6-14-7-17-11/h10-13,15-16H,6-9,14H2,1-5H3,(H,30,32)(H2,28,29,31,33);4-7H,1-3H3,(H,15,16). The van der Waals surface area contributed by atoms with Crippen molar-refractivity contribution >= 4 is 62.7 Å². The van der Waals surface area contributed by atoms with E-state index in [2.05, 4.69) is 57.2 Å². The molecule has 12 heteroatoms. The number of amides is 4. The number of aryl methyl sites for hydroxylation is 7. The Balaban J connectivity index is 0.000000296. The van der Waals surface area contributed by atoms with Crippen LogP contribution in [0.2, 0.25) is 0 Å². The first kappa shape index (κ1) is 39.7. The van der Waals surface area contributed by atoms with Crippen molar-refractivity contribution in [3.05, 3.63) is 109 Å². The summed E-state index contributed by atoms with van der Waals surface area (Å²) in [4.78, 5) is 46.6. The normalized spacial score (nSPS) is 10.5. The Bertz CT molecular complexity index is 1940. The maximum absolute atomic E-state index is 12.9. The van der Waals surface area contributed by atoms with Crippen LogP contribution in [0.1, 0.15) is 91.0 Å². The molecule has 4 amide bonds. The zero-order chi connectivity index (χ0) is 37.8. The average molecular weight is 741 g/mol. The van der Waals surface area contributed by atoms with Crippen molar-refractivity contribution in [1.82, 2.24) is 9.97 Å². The van der Waals surface area contributed by atoms with Crippen LogP contribution in [0.4, 0.5) is 27.0 Å². The molecule has 4 N–H and O–H groups in total. The largest absolute Gasteiger partial charge is 0.494 e. The summed E-state index contributed by atoms with van der Waals surface area (Å²) in [5.74, 6) is 0.439. The van der Waals surface area contributed by atoms with Gasteiger partial charge in [-0.3, -0.25) is 19.9 Å². The molecule has 0 unspecified atom stereocenters. The van der Waals surface area contributed by atoms with Gasteiger partial charge in [-0.05, 0) is 101 Å². The number of carbonyl (C=O) groups is 3. The third-order valence-electron chi connectivity index (χ3n) is 8.09. The van der Waals surface area contributed by atoms with Crippen molar-refractivity contribution < 1.29 is 19.1 Å². The van der Waals surface area contributed by atoms with E-state index in [0.29, 0.717) is 32.9 Å². The number of hydrogen-bond donors (Lipinski definition) is 4. The number of nitrogens with zero attached hydrogens (tertiary/aromatic N) is 2. The van der Waals surface area contributed by atoms with Gasteiger partial charge in [-0.1, -0.05) is 72.9 Å². The highest BCUT2D eigenvalue weighted by molar-refractivity contribution is 7.17. The number of aromatic nitrogens is 2. The zero-order valence-electron chi connectivity index (χ0n) is 31.2. The van der Waals surface area contributed by atoms with E-state index in [4.69, 9.17) is 4.74 Å². The van der Waals surface area contributed by atoms with Crippen molar-refractivity contribution in [2.45, 2.75) is 81.1 Å². The molecule has 52 heavy (non-hydrogen) atoms. The number of carbonyl (C=O) groups excluding carboxylic acids is 3. The smallest absolute Gasteiger partial charge is 0.325 e. The Hall–Kier alpha value is -5.07. The lowest BCUT2D eigenvalue weighted by molar-refractivity contribution is 0.102. The summed E-state index contributed by atoms with van der Waals surface area (Å²) in [5, 5.41) is 11.8. The minimum absolute atomic E-state index is 0.0949. The molecule has 0 aliphatic heterocycles. The maximum atomic E-state index is 12.9. The van der Waals surface area contributed by atoms with Crippen molar-refractivity contribution in [1.29, 1.82) is 0 Å². The van der Waals surface area contributed by atoms with Crippen molar-refractivity contribution in [2.24, 2.45) is 0 Å². The van der Waals surface area contributed by atoms with Gasteiger partial charge >= 0.3 is 6.03 Å². The second kappa shape index (κ2) is 19.0. The molecular weight excluding hydrogens is 693 g/mol. The van der Waals surface area contributed by atoms with Crippen LogP contribution in [0.15, 0.2) is 60.2 Å². The van der Waals surface area contributed by atoms with E-state index >= 15 is 0 Å². The van der Waals surface area contributed by atoms with E-state index in [9.17, 15) is 14.4 Å². The van der Waals surface area contributed by atoms with E-state index in [0.717, 1.165) is 62.7 Å². The molecule has 3 aromatic carbocycles. The summed E-state index contributed by atoms with van der Waals surface area (Å²) in [7, 11) is 0. The van der Waals surface area contributed by atoms with Crippen LogP contribution in [-0.4, -0.2) is 34.4 Å². The molecule has 0 saturated carbocycles. The van der Waals surface area contributed by atoms with Gasteiger partial charge in [-0.25, -0.2) is 9.78 Å². The fourth-order valence-corrected chi connectivity index (χ4v) is 7.07. The molecule has 5 rings (SSSR count). The molecule has 0 aliphatic rings. The summed E-state index contributed by atoms with van der Waals surface area (Å²) < 4.78 is 5.74. The lowest BCUT2D eigenvalue weighted by atomic mass is 10.1. The van der Waals surface area contributed by atoms with Gasteiger partial charge in [-0.15, -0.1) is 11.3 Å². The third-order valence-corrected chi connectivity index (χ3v) is 9.93. The number of benzene rings is 3. The van der Waals surface area contributed by atoms with E-state index in [-0.39, 0.29) is 11.8 Å². The molecule has 274 valence electrons. The van der Waals surface area contributed by atoms with Gasteiger partial charge in [0, 0.05) is 17.1 Å². The lowest BCUT2D eigenvalue weighted by Gasteiger charge is -2.12. The average Bonchev–Trinajstić information content (AvgIpc) is 3.75. The first-order chi connectivity index (χ1) is 24.8. The van der Waals surface area contributed by atoms with Gasteiger partial charge in [0.15, 0.2) is 5.13 Å². The minimum Gasteiger partial charge on any atom is -0.494 e. The van der Waals surface area contributed by atoms with Crippen molar-refractivity contribution in [3.8, 4) is 5.75 Å². The second-order valence-corrected chi connectivity index (χ2v) is 14.7. The highest BCUT2D eigenvalue weighted by Gasteiger charge is 2.19. The number of rotatable bonds is 12. The Kier molecular flexibility index (Phi) is 14.5. The van der Waals surface area contributed by atoms with Gasteiger partial charge in [-0.2, -0.15) is 0 Å². The molecule has 10 nitrogen and oxygen atoms in total. The number of ether oxygens (including phenoxy) is 1. The van der Waals surface area contributed by atoms with Gasteiger partial charge in [0.05, 0.1) is 24.0 Å². The number of unbranched alkanes of at least 4 members (excludes halogenated alkanes) is 3. The molecule has 2 aromatic heterocycles. The molecule has 0 spiro atoms. The van der Waals surface area contributed by atoms with E-state index in [1.807, 2.05) is 58.9 Å². The Morgan fingerprint density at radius 1 is 0.712 bits per heavy atom. The summed E-state index contributed by atoms with van der Waals surface area (Å²) in [6, 6.07) is 15.0. The maximum Gasteiger partial charge on any atom is 0.325 e. The Morgan fingerprint density at radius 3 is 1.83 bits per heavy atom. The molecule has 0 fully saturated rings. The van der Waals surface area contributed by atoms with Crippen LogP contribution in [0, 0.1) is 48.5 Å². The SMILES string of the molecule is CCCCCCOc1ccc(NC(=O)Nc2nc(C)c(C(=O)Nc3c(C)cc(C)cc3C)s2)cc1.Cc1cc(C)c(NC(=O)c2cncs2)c(C)c1. The fourth-order valence-electron chi connectivity index (χ4n) is 5.70. The monoisotopic (exact) mass is 740 g/mol. The fraction of sp³-hybridized carbons (Fsp3) is 0.325. The van der Waals surface area contributed by atoms with Gasteiger partial charge in [0.25, 0.3) is 11.8 Å². The zero-order valence-corrected chi connectivity index (χ0v) is 32.8. The molecule has 5 aromatic rings. The Labute approximate surface area is 314 Å². The van der Waals surface area contributed by atoms with Crippen molar-refractivity contribution in [3.63, 3.8) is 0 Å². The first-order valence-corrected chi connectivity index (χ1v) is 19.0. The van der Waals surface area contributed by atoms with Crippen LogP contribution in [-0.2, 0) is 0 Å². The summed E-state index contributed by atoms with van der Waals surface area (Å²) in [5.41, 5.74) is 11.1. The Morgan fingerprint density at radius 2 is 1.29 bits per heavy atom. The highest BCUT2D eigenvalue weighted by Crippen LogP contribution is 2.27. The number of urea groups is 1. The van der Waals surface area contributed by atoms with Crippen LogP contribution in [0.5, 0.6) is 5.75 Å². The molecule has 0 saturated heterocycles. The van der Waals surface area contributed by atoms with Crippen LogP contribution in [0.3, 0.4) is 0 Å². The van der Waals surface area contributed by atoms with Crippen LogP contribution < -0.4 is 26.0 Å². The van der Waals surface area contributed by atoms with E-state index in [1.54, 1.807) is 30.8 Å². The predicted octanol–water partition coefficient (Wildman–Crippen LogP) is 10.6. The highest BCUT2D eigenvalue weighted by atomic mass is 32.1. The van der Waals surface area contributed by atoms with Crippen molar-refractivity contribution in [2.75, 3.05) is 27.9 Å². The van der Waals surface area contributed by atoms with Crippen LogP contribution >= 0.6 is 22.7 Å². The number of hydrogen-bond acceptors (Lipinski definition) is 8. The molecule has 0 aliphatic carbocycles. The predicted molar refractivity (Wildman–Crippen MR) is 215 cm³/mol.